The zero-order valence-electron chi connectivity index (χ0n) is 61.5. The first-order valence-electron chi connectivity index (χ1n) is 39.7. The van der Waals surface area contributed by atoms with Crippen LogP contribution in [0.1, 0.15) is 296 Å². The molecule has 3 saturated heterocycles. The minimum absolute atomic E-state index is 0.230. The van der Waals surface area contributed by atoms with Crippen molar-refractivity contribution in [3.8, 4) is 0 Å². The molecule has 3 aliphatic heterocycles. The maximum Gasteiger partial charge on any atom is 0.220 e. The van der Waals surface area contributed by atoms with E-state index in [1.807, 2.05) is 6.08 Å². The van der Waals surface area contributed by atoms with Gasteiger partial charge in [-0.05, 0) is 70.6 Å². The molecule has 0 radical (unpaired) electrons. The number of rotatable bonds is 62. The van der Waals surface area contributed by atoms with Crippen molar-refractivity contribution >= 4 is 5.91 Å². The Balaban J connectivity index is 1.40. The number of aliphatic hydroxyl groups is 11. The van der Waals surface area contributed by atoms with Gasteiger partial charge >= 0.3 is 0 Å². The Morgan fingerprint density at radius 3 is 1.13 bits per heavy atom. The molecule has 3 rings (SSSR count). The Morgan fingerprint density at radius 2 is 0.707 bits per heavy atom. The highest BCUT2D eigenvalue weighted by molar-refractivity contribution is 5.76. The highest BCUT2D eigenvalue weighted by atomic mass is 16.8. The lowest BCUT2D eigenvalue weighted by molar-refractivity contribution is -0.379. The Bertz CT molecular complexity index is 2070. The van der Waals surface area contributed by atoms with Crippen molar-refractivity contribution in [1.29, 1.82) is 0 Å². The van der Waals surface area contributed by atoms with Gasteiger partial charge in [0.25, 0.3) is 0 Å². The molecule has 12 N–H and O–H groups in total. The third-order valence-corrected chi connectivity index (χ3v) is 19.5. The highest BCUT2D eigenvalue weighted by Gasteiger charge is 2.53. The lowest BCUT2D eigenvalue weighted by Crippen LogP contribution is -2.66. The predicted molar refractivity (Wildman–Crippen MR) is 392 cm³/mol. The molecule has 19 heteroatoms. The van der Waals surface area contributed by atoms with Crippen LogP contribution in [0.4, 0.5) is 0 Å². The average Bonchev–Trinajstić information content (AvgIpc) is 0.755. The second kappa shape index (κ2) is 60.5. The minimum Gasteiger partial charge on any atom is -0.394 e. The van der Waals surface area contributed by atoms with Gasteiger partial charge in [-0.3, -0.25) is 4.79 Å². The van der Waals surface area contributed by atoms with E-state index in [4.69, 9.17) is 28.4 Å². The summed E-state index contributed by atoms with van der Waals surface area (Å²) in [5.74, 6) is -0.287. The summed E-state index contributed by atoms with van der Waals surface area (Å²) < 4.78 is 34.4. The summed E-state index contributed by atoms with van der Waals surface area (Å²) in [5.41, 5.74) is 0. The third-order valence-electron chi connectivity index (χ3n) is 19.5. The largest absolute Gasteiger partial charge is 0.394 e. The van der Waals surface area contributed by atoms with Crippen LogP contribution < -0.4 is 5.32 Å². The Hall–Kier alpha value is -2.77. The first-order valence-corrected chi connectivity index (χ1v) is 39.7. The van der Waals surface area contributed by atoms with Crippen LogP contribution in [0, 0.1) is 0 Å². The number of allylic oxidation sites excluding steroid dienone is 11. The van der Waals surface area contributed by atoms with Gasteiger partial charge in [0.2, 0.25) is 5.91 Å². The lowest BCUT2D eigenvalue weighted by atomic mass is 9.96. The Morgan fingerprint density at radius 1 is 0.374 bits per heavy atom. The fourth-order valence-corrected chi connectivity index (χ4v) is 13.1. The van der Waals surface area contributed by atoms with Crippen LogP contribution in [0.3, 0.4) is 0 Å². The number of hydrogen-bond acceptors (Lipinski definition) is 18. The number of nitrogens with one attached hydrogen (secondary N) is 1. The molecule has 3 fully saturated rings. The molecular formula is C80H143NO18. The molecule has 99 heavy (non-hydrogen) atoms. The second-order valence-corrected chi connectivity index (χ2v) is 28.1. The molecule has 0 spiro atoms. The van der Waals surface area contributed by atoms with Crippen LogP contribution >= 0.6 is 0 Å². The number of hydrogen-bond donors (Lipinski definition) is 12. The van der Waals surface area contributed by atoms with Crippen LogP contribution in [0.2, 0.25) is 0 Å². The van der Waals surface area contributed by atoms with Gasteiger partial charge in [-0.25, -0.2) is 0 Å². The SMILES string of the molecule is CC/C=C\C/C=C\C/C=C\C/C=C\CCCCCCCCCCCCCCC(=O)NC(COC1OC(CO)C(OC2OC(CO)C(OC3OC(CO)C(O)C(O)C3O)C(O)C2O)C(O)C1O)C(O)/C=C/CC/C=C/CCCCCCCCCCCCCCCCCCCCCCCCC. The van der Waals surface area contributed by atoms with E-state index in [0.29, 0.717) is 12.8 Å². The smallest absolute Gasteiger partial charge is 0.220 e. The molecule has 17 atom stereocenters. The van der Waals surface area contributed by atoms with E-state index in [0.717, 1.165) is 77.0 Å². The summed E-state index contributed by atoms with van der Waals surface area (Å²) in [5, 5.41) is 121. The summed E-state index contributed by atoms with van der Waals surface area (Å²) in [4.78, 5) is 13.5. The molecule has 0 bridgehead atoms. The van der Waals surface area contributed by atoms with Crippen molar-refractivity contribution in [1.82, 2.24) is 5.32 Å². The van der Waals surface area contributed by atoms with Crippen molar-refractivity contribution < 1.29 is 89.4 Å². The van der Waals surface area contributed by atoms with Gasteiger partial charge in [-0.15, -0.1) is 0 Å². The molecule has 0 saturated carbocycles. The molecule has 0 aromatic heterocycles. The van der Waals surface area contributed by atoms with Crippen molar-refractivity contribution in [3.05, 3.63) is 72.9 Å². The third kappa shape index (κ3) is 40.9. The second-order valence-electron chi connectivity index (χ2n) is 28.1. The molecule has 0 aromatic rings. The summed E-state index contributed by atoms with van der Waals surface area (Å²) in [6.07, 6.45) is 51.7. The van der Waals surface area contributed by atoms with Gasteiger partial charge in [0.1, 0.15) is 73.2 Å². The van der Waals surface area contributed by atoms with E-state index in [-0.39, 0.29) is 18.9 Å². The fourth-order valence-electron chi connectivity index (χ4n) is 13.1. The lowest BCUT2D eigenvalue weighted by Gasteiger charge is -2.48. The number of carbonyl (C=O) groups excluding carboxylic acids is 1. The van der Waals surface area contributed by atoms with Gasteiger partial charge in [-0.2, -0.15) is 0 Å². The number of amides is 1. The first-order chi connectivity index (χ1) is 48.3. The topological polar surface area (TPSA) is 307 Å². The number of carbonyl (C=O) groups is 1. The number of ether oxygens (including phenoxy) is 6. The van der Waals surface area contributed by atoms with E-state index in [2.05, 4.69) is 79.9 Å². The molecular weight excluding hydrogens is 1260 g/mol. The molecule has 19 nitrogen and oxygen atoms in total. The van der Waals surface area contributed by atoms with Gasteiger partial charge in [0, 0.05) is 6.42 Å². The average molecular weight is 1410 g/mol. The molecule has 576 valence electrons. The number of unbranched alkanes of at least 4 members (excludes halogenated alkanes) is 36. The van der Waals surface area contributed by atoms with Crippen molar-refractivity contribution in [2.75, 3.05) is 26.4 Å². The summed E-state index contributed by atoms with van der Waals surface area (Å²) in [6, 6.07) is -0.996. The summed E-state index contributed by atoms with van der Waals surface area (Å²) in [7, 11) is 0. The molecule has 0 aliphatic carbocycles. The Labute approximate surface area is 598 Å². The zero-order valence-corrected chi connectivity index (χ0v) is 61.5. The van der Waals surface area contributed by atoms with Crippen LogP contribution in [0.25, 0.3) is 0 Å². The molecule has 3 aliphatic rings. The summed E-state index contributed by atoms with van der Waals surface area (Å²) in [6.45, 7) is 1.63. The quantitative estimate of drug-likeness (QED) is 0.0199. The van der Waals surface area contributed by atoms with Gasteiger partial charge in [0.05, 0.1) is 38.6 Å². The van der Waals surface area contributed by atoms with E-state index < -0.39 is 124 Å². The first kappa shape index (κ1) is 90.4. The standard InChI is InChI=1S/C80H143NO18/c1-3-5-7-9-11-13-15-17-19-21-23-25-27-29-30-31-32-34-35-37-39-41-43-45-47-49-51-53-55-57-64(85)63(81-68(86)58-56-54-52-50-48-46-44-42-40-38-36-33-28-26-24-22-20-18-16-14-12-10-8-6-4-2)62-94-78-74(92)71(89)76(66(60-83)96-78)99-80-75(93)72(90)77(67(61-84)97-80)98-79-73(91)70(88)69(87)65(59-82)95-79/h6,8,12,14,18,20,24,26,47,49,55,57,63-67,69-80,82-85,87-93H,3-5,7,9-11,13,15-17,19,21-23,25,27-46,48,50-54,56,58-62H2,1-2H3,(H,81,86)/b8-6-,14-12-,20-18-,26-24-,49-47+,57-55+. The van der Waals surface area contributed by atoms with E-state index in [9.17, 15) is 61.0 Å². The van der Waals surface area contributed by atoms with Gasteiger partial charge < -0.3 is 89.9 Å². The highest BCUT2D eigenvalue weighted by Crippen LogP contribution is 2.33. The monoisotopic (exact) mass is 1410 g/mol. The van der Waals surface area contributed by atoms with E-state index in [1.54, 1.807) is 6.08 Å². The van der Waals surface area contributed by atoms with Crippen molar-refractivity contribution in [2.45, 2.75) is 401 Å². The number of aliphatic hydroxyl groups excluding tert-OH is 11. The van der Waals surface area contributed by atoms with Crippen molar-refractivity contribution in [2.24, 2.45) is 0 Å². The van der Waals surface area contributed by atoms with Crippen LogP contribution in [-0.4, -0.2) is 193 Å². The van der Waals surface area contributed by atoms with Crippen LogP contribution in [0.5, 0.6) is 0 Å². The van der Waals surface area contributed by atoms with Crippen LogP contribution in [-0.2, 0) is 33.2 Å². The molecule has 1 amide bonds. The van der Waals surface area contributed by atoms with Gasteiger partial charge in [-0.1, -0.05) is 292 Å². The summed E-state index contributed by atoms with van der Waals surface area (Å²) >= 11 is 0. The van der Waals surface area contributed by atoms with Crippen molar-refractivity contribution in [3.63, 3.8) is 0 Å². The molecule has 0 aromatic carbocycles. The van der Waals surface area contributed by atoms with E-state index >= 15 is 0 Å². The minimum atomic E-state index is -1.98. The Kier molecular flexibility index (Phi) is 55.3. The molecule has 3 heterocycles. The van der Waals surface area contributed by atoms with Crippen LogP contribution in [0.15, 0.2) is 72.9 Å². The molecule has 17 unspecified atom stereocenters. The van der Waals surface area contributed by atoms with E-state index in [1.165, 1.54) is 186 Å². The fraction of sp³-hybridized carbons (Fsp3) is 0.838. The maximum atomic E-state index is 13.5. The predicted octanol–water partition coefficient (Wildman–Crippen LogP) is 12.8. The zero-order chi connectivity index (χ0) is 71.8. The maximum absolute atomic E-state index is 13.5. The normalized spacial score (nSPS) is 27.0. The van der Waals surface area contributed by atoms with Gasteiger partial charge in [0.15, 0.2) is 18.9 Å².